The minimum atomic E-state index is -4.60. The lowest BCUT2D eigenvalue weighted by Gasteiger charge is -2.12. The lowest BCUT2D eigenvalue weighted by Crippen LogP contribution is -2.36. The van der Waals surface area contributed by atoms with Crippen LogP contribution in [0.1, 0.15) is 25.3 Å². The predicted octanol–water partition coefficient (Wildman–Crippen LogP) is 1.88. The van der Waals surface area contributed by atoms with E-state index in [-0.39, 0.29) is 12.4 Å². The molecule has 0 spiro atoms. The second-order valence-corrected chi connectivity index (χ2v) is 4.01. The smallest absolute Gasteiger partial charge is 0.327 e. The van der Waals surface area contributed by atoms with E-state index in [2.05, 4.69) is 5.32 Å². The number of amides is 1. The van der Waals surface area contributed by atoms with Crippen LogP contribution in [0.5, 0.6) is 0 Å². The average Bonchev–Trinajstić information content (AvgIpc) is 2.30. The molecule has 114 valence electrons. The minimum absolute atomic E-state index is 0. The molecule has 0 saturated carbocycles. The Morgan fingerprint density at radius 1 is 1.50 bits per heavy atom. The van der Waals surface area contributed by atoms with E-state index < -0.39 is 34.9 Å². The Hall–Kier alpha value is -1.54. The molecule has 0 radical (unpaired) electrons. The Morgan fingerprint density at radius 2 is 2.10 bits per heavy atom. The van der Waals surface area contributed by atoms with Gasteiger partial charge < -0.3 is 16.0 Å². The molecular formula is C11H15ClF3N3O2. The molecule has 1 aromatic rings. The quantitative estimate of drug-likeness (QED) is 0.793. The molecule has 0 aliphatic heterocycles. The highest BCUT2D eigenvalue weighted by molar-refractivity contribution is 5.94. The van der Waals surface area contributed by atoms with E-state index in [1.54, 1.807) is 0 Å². The van der Waals surface area contributed by atoms with Gasteiger partial charge in [-0.1, -0.05) is 13.3 Å². The topological polar surface area (TPSA) is 88.0 Å². The Kier molecular flexibility index (Phi) is 6.74. The SMILES string of the molecule is CCCC(N)C(=O)Nc1cc(C(F)(F)F)c[nH]c1=O.Cl. The summed E-state index contributed by atoms with van der Waals surface area (Å²) in [6.07, 6.45) is -3.03. The molecule has 0 aliphatic rings. The third-order valence-electron chi connectivity index (χ3n) is 2.42. The first-order valence-electron chi connectivity index (χ1n) is 5.62. The van der Waals surface area contributed by atoms with Crippen LogP contribution >= 0.6 is 12.4 Å². The first kappa shape index (κ1) is 18.5. The maximum absolute atomic E-state index is 12.5. The number of halogens is 4. The molecule has 1 atom stereocenters. The van der Waals surface area contributed by atoms with Crippen LogP contribution < -0.4 is 16.6 Å². The van der Waals surface area contributed by atoms with Crippen molar-refractivity contribution in [2.24, 2.45) is 5.73 Å². The Balaban J connectivity index is 0.00000361. The number of carbonyl (C=O) groups excluding carboxylic acids is 1. The van der Waals surface area contributed by atoms with Crippen molar-refractivity contribution in [2.75, 3.05) is 5.32 Å². The molecule has 1 amide bonds. The molecule has 20 heavy (non-hydrogen) atoms. The lowest BCUT2D eigenvalue weighted by atomic mass is 10.1. The number of hydrogen-bond acceptors (Lipinski definition) is 3. The van der Waals surface area contributed by atoms with Gasteiger partial charge in [0.25, 0.3) is 5.56 Å². The van der Waals surface area contributed by atoms with Gasteiger partial charge in [0.1, 0.15) is 5.69 Å². The zero-order valence-electron chi connectivity index (χ0n) is 10.6. The summed E-state index contributed by atoms with van der Waals surface area (Å²) in [4.78, 5) is 24.8. The maximum atomic E-state index is 12.5. The van der Waals surface area contributed by atoms with Crippen LogP contribution in [-0.2, 0) is 11.0 Å². The summed E-state index contributed by atoms with van der Waals surface area (Å²) < 4.78 is 37.4. The molecule has 1 rings (SSSR count). The molecule has 9 heteroatoms. The third kappa shape index (κ3) is 4.86. The number of carbonyl (C=O) groups is 1. The largest absolute Gasteiger partial charge is 0.417 e. The Bertz CT molecular complexity index is 516. The summed E-state index contributed by atoms with van der Waals surface area (Å²) >= 11 is 0. The van der Waals surface area contributed by atoms with Gasteiger partial charge in [-0.15, -0.1) is 12.4 Å². The van der Waals surface area contributed by atoms with Gasteiger partial charge in [-0.2, -0.15) is 13.2 Å². The number of anilines is 1. The summed E-state index contributed by atoms with van der Waals surface area (Å²) in [5.74, 6) is -0.688. The van der Waals surface area contributed by atoms with Crippen molar-refractivity contribution >= 4 is 24.0 Å². The van der Waals surface area contributed by atoms with Crippen LogP contribution in [0.25, 0.3) is 0 Å². The fourth-order valence-corrected chi connectivity index (χ4v) is 1.41. The highest BCUT2D eigenvalue weighted by Gasteiger charge is 2.31. The van der Waals surface area contributed by atoms with Gasteiger partial charge in [0, 0.05) is 6.20 Å². The van der Waals surface area contributed by atoms with Gasteiger partial charge in [0.15, 0.2) is 0 Å². The summed E-state index contributed by atoms with van der Waals surface area (Å²) in [5, 5.41) is 2.10. The van der Waals surface area contributed by atoms with Crippen molar-refractivity contribution < 1.29 is 18.0 Å². The van der Waals surface area contributed by atoms with E-state index in [0.717, 1.165) is 0 Å². The first-order chi connectivity index (χ1) is 8.75. The second kappa shape index (κ2) is 7.30. The molecule has 1 heterocycles. The number of hydrogen-bond donors (Lipinski definition) is 3. The number of aromatic amines is 1. The standard InChI is InChI=1S/C11H14F3N3O2.ClH/c1-2-3-7(15)9(18)17-8-4-6(11(12,13)14)5-16-10(8)19;/h4-5,7H,2-3,15H2,1H3,(H,16,19)(H,17,18);1H. The number of aromatic nitrogens is 1. The fourth-order valence-electron chi connectivity index (χ4n) is 1.41. The van der Waals surface area contributed by atoms with Crippen molar-refractivity contribution in [3.8, 4) is 0 Å². The van der Waals surface area contributed by atoms with Crippen molar-refractivity contribution in [2.45, 2.75) is 32.0 Å². The summed E-state index contributed by atoms with van der Waals surface area (Å²) in [6.45, 7) is 1.81. The lowest BCUT2D eigenvalue weighted by molar-refractivity contribution is -0.137. The number of H-pyrrole nitrogens is 1. The zero-order valence-corrected chi connectivity index (χ0v) is 11.4. The number of nitrogens with one attached hydrogen (secondary N) is 2. The monoisotopic (exact) mass is 313 g/mol. The molecule has 0 fully saturated rings. The normalized spacial score (nSPS) is 12.4. The minimum Gasteiger partial charge on any atom is -0.327 e. The zero-order chi connectivity index (χ0) is 14.6. The third-order valence-corrected chi connectivity index (χ3v) is 2.42. The molecule has 0 aromatic carbocycles. The van der Waals surface area contributed by atoms with Crippen LogP contribution in [0.3, 0.4) is 0 Å². The Labute approximate surface area is 119 Å². The van der Waals surface area contributed by atoms with Crippen molar-refractivity contribution in [1.82, 2.24) is 4.98 Å². The van der Waals surface area contributed by atoms with E-state index in [1.165, 1.54) is 0 Å². The summed E-state index contributed by atoms with van der Waals surface area (Å²) in [6, 6.07) is -0.283. The number of nitrogens with two attached hydrogens (primary N) is 1. The van der Waals surface area contributed by atoms with Crippen molar-refractivity contribution in [3.05, 3.63) is 28.2 Å². The van der Waals surface area contributed by atoms with Gasteiger partial charge in [-0.25, -0.2) is 0 Å². The molecule has 5 nitrogen and oxygen atoms in total. The van der Waals surface area contributed by atoms with Gasteiger partial charge in [0.05, 0.1) is 11.6 Å². The van der Waals surface area contributed by atoms with E-state index in [9.17, 15) is 22.8 Å². The number of alkyl halides is 3. The van der Waals surface area contributed by atoms with Crippen molar-refractivity contribution in [1.29, 1.82) is 0 Å². The van der Waals surface area contributed by atoms with Gasteiger partial charge in [-0.05, 0) is 12.5 Å². The van der Waals surface area contributed by atoms with E-state index in [1.807, 2.05) is 11.9 Å². The van der Waals surface area contributed by atoms with Crippen LogP contribution in [0.2, 0.25) is 0 Å². The highest BCUT2D eigenvalue weighted by atomic mass is 35.5. The fraction of sp³-hybridized carbons (Fsp3) is 0.455. The highest BCUT2D eigenvalue weighted by Crippen LogP contribution is 2.29. The second-order valence-electron chi connectivity index (χ2n) is 4.01. The molecule has 1 aromatic heterocycles. The van der Waals surface area contributed by atoms with Crippen molar-refractivity contribution in [3.63, 3.8) is 0 Å². The molecular weight excluding hydrogens is 299 g/mol. The van der Waals surface area contributed by atoms with Crippen LogP contribution in [0.4, 0.5) is 18.9 Å². The van der Waals surface area contributed by atoms with Gasteiger partial charge in [-0.3, -0.25) is 9.59 Å². The van der Waals surface area contributed by atoms with Gasteiger partial charge in [0.2, 0.25) is 5.91 Å². The van der Waals surface area contributed by atoms with E-state index >= 15 is 0 Å². The predicted molar refractivity (Wildman–Crippen MR) is 70.8 cm³/mol. The molecule has 1 unspecified atom stereocenters. The maximum Gasteiger partial charge on any atom is 0.417 e. The average molecular weight is 314 g/mol. The first-order valence-corrected chi connectivity index (χ1v) is 5.62. The van der Waals surface area contributed by atoms with Crippen LogP contribution in [0, 0.1) is 0 Å². The Morgan fingerprint density at radius 3 is 2.60 bits per heavy atom. The van der Waals surface area contributed by atoms with Crippen LogP contribution in [0.15, 0.2) is 17.1 Å². The van der Waals surface area contributed by atoms with E-state index in [0.29, 0.717) is 25.1 Å². The summed E-state index contributed by atoms with van der Waals surface area (Å²) in [7, 11) is 0. The molecule has 0 saturated heterocycles. The summed E-state index contributed by atoms with van der Waals surface area (Å²) in [5.41, 5.74) is 3.17. The molecule has 0 bridgehead atoms. The molecule has 4 N–H and O–H groups in total. The van der Waals surface area contributed by atoms with Gasteiger partial charge >= 0.3 is 6.18 Å². The number of rotatable bonds is 4. The number of pyridine rings is 1. The van der Waals surface area contributed by atoms with Crippen LogP contribution in [-0.4, -0.2) is 16.9 Å². The van der Waals surface area contributed by atoms with E-state index in [4.69, 9.17) is 5.73 Å². The molecule has 0 aliphatic carbocycles.